The van der Waals surface area contributed by atoms with Crippen molar-refractivity contribution in [3.8, 4) is 11.3 Å². The van der Waals surface area contributed by atoms with E-state index in [0.717, 1.165) is 33.3 Å². The average molecular weight is 345 g/mol. The minimum atomic E-state index is -0.291. The van der Waals surface area contributed by atoms with E-state index in [1.54, 1.807) is 6.20 Å². The molecule has 2 aromatic heterocycles. The number of aromatic nitrogens is 4. The van der Waals surface area contributed by atoms with Gasteiger partial charge < -0.3 is 4.98 Å². The van der Waals surface area contributed by atoms with Gasteiger partial charge in [-0.15, -0.1) is 10.2 Å². The number of aromatic amines is 1. The van der Waals surface area contributed by atoms with Gasteiger partial charge in [0.05, 0.1) is 6.20 Å². The van der Waals surface area contributed by atoms with Crippen molar-refractivity contribution >= 4 is 16.8 Å². The van der Waals surface area contributed by atoms with Crippen LogP contribution in [0.2, 0.25) is 0 Å². The van der Waals surface area contributed by atoms with Crippen molar-refractivity contribution in [3.05, 3.63) is 71.0 Å². The molecule has 0 atom stereocenters. The van der Waals surface area contributed by atoms with Gasteiger partial charge in [-0.05, 0) is 44.0 Å². The number of nitrogens with one attached hydrogen (secondary N) is 2. The summed E-state index contributed by atoms with van der Waals surface area (Å²) in [6.07, 6.45) is 1.66. The molecular formula is C20H19N5O. The van der Waals surface area contributed by atoms with Crippen LogP contribution in [0.1, 0.15) is 27.2 Å². The Bertz CT molecular complexity index is 1070. The fourth-order valence-electron chi connectivity index (χ4n) is 3.36. The summed E-state index contributed by atoms with van der Waals surface area (Å²) in [6, 6.07) is 13.8. The number of nitrogens with zero attached hydrogens (tertiary/aromatic N) is 3. The number of benzene rings is 2. The van der Waals surface area contributed by atoms with Crippen LogP contribution >= 0.6 is 0 Å². The number of hydrogen-bond acceptors (Lipinski definition) is 3. The maximum absolute atomic E-state index is 12.5. The van der Waals surface area contributed by atoms with Gasteiger partial charge in [0.1, 0.15) is 11.4 Å². The SMILES string of the molecule is Cc1cc(C)c(-c2cnn(NC(=O)c3cc4ccccc4[nH]3)n2)c(C)c1. The first-order chi connectivity index (χ1) is 12.5. The Hall–Kier alpha value is -3.41. The highest BCUT2D eigenvalue weighted by Gasteiger charge is 2.14. The van der Waals surface area contributed by atoms with Crippen molar-refractivity contribution < 1.29 is 4.79 Å². The average Bonchev–Trinajstić information content (AvgIpc) is 3.20. The maximum atomic E-state index is 12.5. The summed E-state index contributed by atoms with van der Waals surface area (Å²) in [5.41, 5.74) is 9.32. The van der Waals surface area contributed by atoms with Crippen molar-refractivity contribution in [1.82, 2.24) is 20.1 Å². The van der Waals surface area contributed by atoms with Crippen LogP contribution < -0.4 is 5.43 Å². The molecular weight excluding hydrogens is 326 g/mol. The lowest BCUT2D eigenvalue weighted by molar-refractivity contribution is 0.0998. The largest absolute Gasteiger partial charge is 0.350 e. The quantitative estimate of drug-likeness (QED) is 0.594. The molecule has 2 aromatic carbocycles. The van der Waals surface area contributed by atoms with E-state index >= 15 is 0 Å². The third-order valence-electron chi connectivity index (χ3n) is 4.40. The van der Waals surface area contributed by atoms with Gasteiger partial charge in [-0.25, -0.2) is 5.43 Å². The summed E-state index contributed by atoms with van der Waals surface area (Å²) in [5, 5.41) is 9.57. The van der Waals surface area contributed by atoms with Crippen LogP contribution in [0.25, 0.3) is 22.2 Å². The number of amides is 1. The molecule has 1 amide bonds. The molecule has 6 heteroatoms. The Morgan fingerprint density at radius 3 is 2.54 bits per heavy atom. The Labute approximate surface area is 150 Å². The summed E-state index contributed by atoms with van der Waals surface area (Å²) in [4.78, 5) is 16.8. The Morgan fingerprint density at radius 1 is 1.08 bits per heavy atom. The fraction of sp³-hybridized carbons (Fsp3) is 0.150. The number of fused-ring (bicyclic) bond motifs is 1. The molecule has 0 radical (unpaired) electrons. The summed E-state index contributed by atoms with van der Waals surface area (Å²) < 4.78 is 0. The number of hydrogen-bond donors (Lipinski definition) is 2. The van der Waals surface area contributed by atoms with Crippen LogP contribution in [0, 0.1) is 20.8 Å². The highest BCUT2D eigenvalue weighted by molar-refractivity contribution is 6.02. The maximum Gasteiger partial charge on any atom is 0.289 e. The number of carbonyl (C=O) groups excluding carboxylic acids is 1. The zero-order valence-electron chi connectivity index (χ0n) is 14.9. The number of H-pyrrole nitrogens is 1. The first kappa shape index (κ1) is 16.1. The molecule has 0 fully saturated rings. The van der Waals surface area contributed by atoms with E-state index < -0.39 is 0 Å². The number of carbonyl (C=O) groups is 1. The molecule has 0 unspecified atom stereocenters. The van der Waals surface area contributed by atoms with Gasteiger partial charge in [0.25, 0.3) is 5.91 Å². The van der Waals surface area contributed by atoms with Crippen LogP contribution in [0.4, 0.5) is 0 Å². The van der Waals surface area contributed by atoms with Gasteiger partial charge in [-0.3, -0.25) is 4.79 Å². The molecule has 2 heterocycles. The fourth-order valence-corrected chi connectivity index (χ4v) is 3.36. The predicted molar refractivity (Wildman–Crippen MR) is 102 cm³/mol. The normalized spacial score (nSPS) is 11.0. The molecule has 4 aromatic rings. The Kier molecular flexibility index (Phi) is 3.80. The molecule has 0 aliphatic carbocycles. The predicted octanol–water partition coefficient (Wildman–Crippen LogP) is 3.74. The van der Waals surface area contributed by atoms with Gasteiger partial charge in [0.15, 0.2) is 0 Å². The zero-order chi connectivity index (χ0) is 18.3. The second kappa shape index (κ2) is 6.15. The van der Waals surface area contributed by atoms with Crippen LogP contribution in [0.15, 0.2) is 48.7 Å². The molecule has 6 nitrogen and oxygen atoms in total. The first-order valence-electron chi connectivity index (χ1n) is 8.41. The lowest BCUT2D eigenvalue weighted by Gasteiger charge is -2.08. The van der Waals surface area contributed by atoms with Crippen LogP contribution in [-0.4, -0.2) is 26.0 Å². The highest BCUT2D eigenvalue weighted by atomic mass is 16.2. The van der Waals surface area contributed by atoms with Gasteiger partial charge in [0.2, 0.25) is 0 Å². The number of aryl methyl sites for hydroxylation is 3. The molecule has 2 N–H and O–H groups in total. The van der Waals surface area contributed by atoms with Gasteiger partial charge >= 0.3 is 0 Å². The number of para-hydroxylation sites is 1. The molecule has 0 aliphatic heterocycles. The van der Waals surface area contributed by atoms with E-state index in [9.17, 15) is 4.79 Å². The summed E-state index contributed by atoms with van der Waals surface area (Å²) in [7, 11) is 0. The van der Waals surface area contributed by atoms with Gasteiger partial charge in [-0.1, -0.05) is 40.8 Å². The van der Waals surface area contributed by atoms with Crippen LogP contribution in [0.5, 0.6) is 0 Å². The second-order valence-corrected chi connectivity index (χ2v) is 6.50. The standard InChI is InChI=1S/C20H19N5O/c1-12-8-13(2)19(14(3)9-12)18-11-21-25(23-18)24-20(26)17-10-15-6-4-5-7-16(15)22-17/h4-11,22H,1-3H3,(H,24,26). The third-order valence-corrected chi connectivity index (χ3v) is 4.40. The molecule has 4 rings (SSSR count). The van der Waals surface area contributed by atoms with E-state index in [-0.39, 0.29) is 5.91 Å². The Morgan fingerprint density at radius 2 is 1.81 bits per heavy atom. The molecule has 0 saturated heterocycles. The lowest BCUT2D eigenvalue weighted by Crippen LogP contribution is -2.25. The highest BCUT2D eigenvalue weighted by Crippen LogP contribution is 2.26. The van der Waals surface area contributed by atoms with E-state index in [2.05, 4.69) is 53.5 Å². The smallest absolute Gasteiger partial charge is 0.289 e. The topological polar surface area (TPSA) is 75.6 Å². The molecule has 0 bridgehead atoms. The zero-order valence-corrected chi connectivity index (χ0v) is 14.9. The van der Waals surface area contributed by atoms with Crippen LogP contribution in [-0.2, 0) is 0 Å². The van der Waals surface area contributed by atoms with Crippen LogP contribution in [0.3, 0.4) is 0 Å². The van der Waals surface area contributed by atoms with Crippen molar-refractivity contribution in [1.29, 1.82) is 0 Å². The molecule has 26 heavy (non-hydrogen) atoms. The first-order valence-corrected chi connectivity index (χ1v) is 8.41. The van der Waals surface area contributed by atoms with E-state index in [1.165, 1.54) is 10.5 Å². The monoisotopic (exact) mass is 345 g/mol. The van der Waals surface area contributed by atoms with Crippen molar-refractivity contribution in [3.63, 3.8) is 0 Å². The summed E-state index contributed by atoms with van der Waals surface area (Å²) in [5.74, 6) is -0.291. The van der Waals surface area contributed by atoms with Crippen molar-refractivity contribution in [2.24, 2.45) is 0 Å². The van der Waals surface area contributed by atoms with Crippen molar-refractivity contribution in [2.45, 2.75) is 20.8 Å². The Balaban J connectivity index is 1.60. The van der Waals surface area contributed by atoms with E-state index in [1.807, 2.05) is 30.3 Å². The molecule has 0 spiro atoms. The minimum absolute atomic E-state index is 0.291. The molecule has 0 saturated carbocycles. The van der Waals surface area contributed by atoms with E-state index in [0.29, 0.717) is 5.69 Å². The third kappa shape index (κ3) is 2.86. The summed E-state index contributed by atoms with van der Waals surface area (Å²) in [6.45, 7) is 6.18. The number of rotatable bonds is 3. The van der Waals surface area contributed by atoms with Gasteiger partial charge in [-0.2, -0.15) is 0 Å². The van der Waals surface area contributed by atoms with Crippen molar-refractivity contribution in [2.75, 3.05) is 5.43 Å². The lowest BCUT2D eigenvalue weighted by atomic mass is 9.98. The van der Waals surface area contributed by atoms with E-state index in [4.69, 9.17) is 0 Å². The summed E-state index contributed by atoms with van der Waals surface area (Å²) >= 11 is 0. The molecule has 0 aliphatic rings. The second-order valence-electron chi connectivity index (χ2n) is 6.50. The molecule has 130 valence electrons. The minimum Gasteiger partial charge on any atom is -0.350 e. The van der Waals surface area contributed by atoms with Gasteiger partial charge in [0, 0.05) is 16.5 Å².